The number of nitrogens with one attached hydrogen (secondary N) is 2. The fourth-order valence-electron chi connectivity index (χ4n) is 2.21. The first-order valence-electron chi connectivity index (χ1n) is 6.28. The van der Waals surface area contributed by atoms with Gasteiger partial charge in [-0.3, -0.25) is 19.7 Å². The lowest BCUT2D eigenvalue weighted by Gasteiger charge is -2.25. The van der Waals surface area contributed by atoms with Crippen molar-refractivity contribution in [1.29, 1.82) is 0 Å². The maximum atomic E-state index is 11.6. The minimum Gasteiger partial charge on any atom is -0.316 e. The molecule has 1 unspecified atom stereocenters. The molecule has 0 aliphatic heterocycles. The van der Waals surface area contributed by atoms with Gasteiger partial charge in [-0.25, -0.2) is 4.68 Å². The molecule has 1 atom stereocenters. The van der Waals surface area contributed by atoms with Crippen molar-refractivity contribution >= 4 is 16.7 Å². The summed E-state index contributed by atoms with van der Waals surface area (Å²) in [5.74, 6) is 0. The molecule has 2 heterocycles. The summed E-state index contributed by atoms with van der Waals surface area (Å²) in [4.78, 5) is 38.2. The topological polar surface area (TPSA) is 178 Å². The van der Waals surface area contributed by atoms with E-state index in [9.17, 15) is 19.7 Å². The van der Waals surface area contributed by atoms with Gasteiger partial charge in [0.25, 0.3) is 5.69 Å². The molecule has 0 radical (unpaired) electrons. The number of aromatic nitrogens is 6. The van der Waals surface area contributed by atoms with E-state index < -0.39 is 21.7 Å². The Morgan fingerprint density at radius 2 is 2.00 bits per heavy atom. The number of hydrogen-bond donors (Lipinski definition) is 3. The quantitative estimate of drug-likeness (QED) is 0.305. The van der Waals surface area contributed by atoms with Gasteiger partial charge in [0.2, 0.25) is 0 Å². The van der Waals surface area contributed by atoms with Crippen LogP contribution >= 0.6 is 0 Å². The Hall–Kier alpha value is -3.41. The fourth-order valence-corrected chi connectivity index (χ4v) is 2.21. The first-order valence-corrected chi connectivity index (χ1v) is 6.28. The minimum atomic E-state index is -1.41. The average molecular weight is 318 g/mol. The molecule has 118 valence electrons. The monoisotopic (exact) mass is 318 g/mol. The zero-order chi connectivity index (χ0) is 16.8. The minimum absolute atomic E-state index is 0.0727. The van der Waals surface area contributed by atoms with Crippen LogP contribution in [0.3, 0.4) is 0 Å². The third kappa shape index (κ3) is 2.26. The number of nitro groups is 1. The molecule has 0 aliphatic rings. The third-order valence-electron chi connectivity index (χ3n) is 3.40. The molecular formula is C11H10N8O4. The van der Waals surface area contributed by atoms with Crippen molar-refractivity contribution in [2.45, 2.75) is 12.6 Å². The molecule has 4 N–H and O–H groups in total. The van der Waals surface area contributed by atoms with Crippen molar-refractivity contribution in [3.63, 3.8) is 0 Å². The summed E-state index contributed by atoms with van der Waals surface area (Å²) in [7, 11) is 0. The predicted molar refractivity (Wildman–Crippen MR) is 76.6 cm³/mol. The van der Waals surface area contributed by atoms with Crippen LogP contribution in [0.5, 0.6) is 0 Å². The first-order chi connectivity index (χ1) is 10.8. The largest absolute Gasteiger partial charge is 0.316 e. The summed E-state index contributed by atoms with van der Waals surface area (Å²) in [5, 5.41) is 21.7. The maximum absolute atomic E-state index is 11.6. The van der Waals surface area contributed by atoms with Gasteiger partial charge in [-0.05, 0) is 17.4 Å². The number of H-pyrrole nitrogens is 2. The number of tetrazole rings is 1. The number of nitrogens with zero attached hydrogens (tertiary/aromatic N) is 5. The molecule has 0 aliphatic carbocycles. The zero-order valence-electron chi connectivity index (χ0n) is 11.7. The molecule has 2 aromatic heterocycles. The number of fused-ring (bicyclic) bond motifs is 1. The highest BCUT2D eigenvalue weighted by atomic mass is 16.6. The van der Waals surface area contributed by atoms with Crippen LogP contribution in [0, 0.1) is 10.1 Å². The Morgan fingerprint density at radius 1 is 1.30 bits per heavy atom. The van der Waals surface area contributed by atoms with Gasteiger partial charge in [-0.1, -0.05) is 0 Å². The van der Waals surface area contributed by atoms with Crippen LogP contribution in [0.1, 0.15) is 12.5 Å². The van der Waals surface area contributed by atoms with E-state index >= 15 is 0 Å². The predicted octanol–water partition coefficient (Wildman–Crippen LogP) is -1.21. The van der Waals surface area contributed by atoms with Gasteiger partial charge in [-0.2, -0.15) is 0 Å². The van der Waals surface area contributed by atoms with Crippen molar-refractivity contribution < 1.29 is 4.92 Å². The molecule has 0 spiro atoms. The van der Waals surface area contributed by atoms with Crippen LogP contribution in [-0.2, 0) is 5.66 Å². The molecule has 3 rings (SSSR count). The van der Waals surface area contributed by atoms with Crippen molar-refractivity contribution in [3.8, 4) is 0 Å². The van der Waals surface area contributed by atoms with Crippen LogP contribution in [0.4, 0.5) is 5.69 Å². The van der Waals surface area contributed by atoms with E-state index in [1.54, 1.807) is 0 Å². The summed E-state index contributed by atoms with van der Waals surface area (Å²) >= 11 is 0. The number of aromatic amines is 2. The number of non-ortho nitro benzene ring substituents is 1. The molecule has 0 saturated heterocycles. The highest BCUT2D eigenvalue weighted by Gasteiger charge is 2.30. The van der Waals surface area contributed by atoms with Gasteiger partial charge in [0, 0.05) is 17.7 Å². The maximum Gasteiger partial charge on any atom is 0.314 e. The highest BCUT2D eigenvalue weighted by Crippen LogP contribution is 2.29. The van der Waals surface area contributed by atoms with E-state index in [4.69, 9.17) is 5.73 Å². The van der Waals surface area contributed by atoms with Crippen molar-refractivity contribution in [1.82, 2.24) is 30.2 Å². The molecule has 1 aromatic carbocycles. The molecule has 0 saturated carbocycles. The SMILES string of the molecule is CC(N)(c1cc([N+](=O)[O-])cc2[nH]c(=O)c(=O)[nH]c12)n1cnnn1. The van der Waals surface area contributed by atoms with Crippen LogP contribution < -0.4 is 16.9 Å². The second kappa shape index (κ2) is 4.81. The summed E-state index contributed by atoms with van der Waals surface area (Å²) in [5.41, 5.74) is 3.06. The summed E-state index contributed by atoms with van der Waals surface area (Å²) in [6, 6.07) is 2.32. The Morgan fingerprint density at radius 3 is 2.61 bits per heavy atom. The summed E-state index contributed by atoms with van der Waals surface area (Å²) < 4.78 is 1.18. The number of rotatable bonds is 3. The Balaban J connectivity index is 2.43. The molecule has 0 bridgehead atoms. The molecule has 12 heteroatoms. The van der Waals surface area contributed by atoms with Gasteiger partial charge < -0.3 is 15.7 Å². The van der Waals surface area contributed by atoms with Gasteiger partial charge >= 0.3 is 11.1 Å². The van der Waals surface area contributed by atoms with Crippen molar-refractivity contribution in [2.24, 2.45) is 5.73 Å². The van der Waals surface area contributed by atoms with E-state index in [1.807, 2.05) is 0 Å². The number of nitrogens with two attached hydrogens (primary N) is 1. The van der Waals surface area contributed by atoms with Gasteiger partial charge in [0.1, 0.15) is 12.0 Å². The normalized spacial score (nSPS) is 13.8. The average Bonchev–Trinajstić information content (AvgIpc) is 3.02. The Bertz CT molecular complexity index is 1020. The Labute approximate surface area is 126 Å². The van der Waals surface area contributed by atoms with Crippen LogP contribution in [0.25, 0.3) is 11.0 Å². The van der Waals surface area contributed by atoms with E-state index in [2.05, 4.69) is 25.5 Å². The van der Waals surface area contributed by atoms with Crippen LogP contribution in [0.2, 0.25) is 0 Å². The number of benzene rings is 1. The fraction of sp³-hybridized carbons (Fsp3) is 0.182. The number of nitro benzene ring substituents is 1. The third-order valence-corrected chi connectivity index (χ3v) is 3.40. The molecule has 3 aromatic rings. The zero-order valence-corrected chi connectivity index (χ0v) is 11.7. The highest BCUT2D eigenvalue weighted by molar-refractivity contribution is 5.81. The Kier molecular flexibility index (Phi) is 3.04. The van der Waals surface area contributed by atoms with E-state index in [-0.39, 0.29) is 22.3 Å². The molecule has 0 amide bonds. The van der Waals surface area contributed by atoms with Crippen molar-refractivity contribution in [3.05, 3.63) is 54.8 Å². The van der Waals surface area contributed by atoms with Crippen LogP contribution in [-0.4, -0.2) is 35.1 Å². The lowest BCUT2D eigenvalue weighted by atomic mass is 9.99. The second-order valence-corrected chi connectivity index (χ2v) is 4.98. The number of hydrogen-bond acceptors (Lipinski definition) is 8. The van der Waals surface area contributed by atoms with Crippen LogP contribution in [0.15, 0.2) is 28.0 Å². The smallest absolute Gasteiger partial charge is 0.314 e. The second-order valence-electron chi connectivity index (χ2n) is 4.98. The molecule has 23 heavy (non-hydrogen) atoms. The molecular weight excluding hydrogens is 308 g/mol. The molecule has 12 nitrogen and oxygen atoms in total. The summed E-state index contributed by atoms with van der Waals surface area (Å²) in [6.45, 7) is 1.51. The van der Waals surface area contributed by atoms with E-state index in [0.29, 0.717) is 0 Å². The standard InChI is InChI=1S/C11H10N8O4/c1-11(12,18-4-13-16-17-18)6-2-5(19(22)23)3-7-8(6)15-10(21)9(20)14-7/h2-4H,12H2,1H3,(H,14,20)(H,15,21). The van der Waals surface area contributed by atoms with Gasteiger partial charge in [-0.15, -0.1) is 5.10 Å². The van der Waals surface area contributed by atoms with E-state index in [1.165, 1.54) is 24.0 Å². The van der Waals surface area contributed by atoms with E-state index in [0.717, 1.165) is 6.07 Å². The van der Waals surface area contributed by atoms with Crippen molar-refractivity contribution in [2.75, 3.05) is 0 Å². The van der Waals surface area contributed by atoms with Gasteiger partial charge in [0.15, 0.2) is 0 Å². The molecule has 0 fully saturated rings. The lowest BCUT2D eigenvalue weighted by molar-refractivity contribution is -0.384. The first kappa shape index (κ1) is 14.5. The lowest BCUT2D eigenvalue weighted by Crippen LogP contribution is -2.42. The van der Waals surface area contributed by atoms with Gasteiger partial charge in [0.05, 0.1) is 16.0 Å². The summed E-state index contributed by atoms with van der Waals surface area (Å²) in [6.07, 6.45) is 1.23.